The minimum absolute atomic E-state index is 0.0813. The van der Waals surface area contributed by atoms with Crippen molar-refractivity contribution in [1.29, 1.82) is 0 Å². The van der Waals surface area contributed by atoms with Crippen LogP contribution in [-0.2, 0) is 9.59 Å². The fourth-order valence-electron chi connectivity index (χ4n) is 3.95. The quantitative estimate of drug-likeness (QED) is 0.521. The second-order valence-corrected chi connectivity index (χ2v) is 6.67. The van der Waals surface area contributed by atoms with Gasteiger partial charge in [-0.3, -0.25) is 24.0 Å². The van der Waals surface area contributed by atoms with Crippen LogP contribution in [0.5, 0.6) is 0 Å². The number of carbonyl (C=O) groups is 3. The fraction of sp³-hybridized carbons (Fsp3) is 0.562. The average Bonchev–Trinajstić information content (AvgIpc) is 3.46. The molecular weight excluding hydrogens is 384 g/mol. The van der Waals surface area contributed by atoms with Crippen LogP contribution < -0.4 is 0 Å². The third-order valence-corrected chi connectivity index (χ3v) is 5.13. The molecule has 2 amide bonds. The van der Waals surface area contributed by atoms with Crippen molar-refractivity contribution in [3.8, 4) is 5.95 Å². The van der Waals surface area contributed by atoms with Gasteiger partial charge in [-0.2, -0.15) is 4.98 Å². The second kappa shape index (κ2) is 8.77. The summed E-state index contributed by atoms with van der Waals surface area (Å²) in [6.45, 7) is 1.08. The first-order valence-electron chi connectivity index (χ1n) is 9.15. The number of amides is 2. The zero-order chi connectivity index (χ0) is 20.9. The normalized spacial score (nSPS) is 21.2. The largest absolute Gasteiger partial charge is 0.483 e. The van der Waals surface area contributed by atoms with E-state index in [-0.39, 0.29) is 36.7 Å². The molecule has 0 aliphatic carbocycles. The Hall–Kier alpha value is -3.35. The molecule has 0 aromatic carbocycles. The first-order chi connectivity index (χ1) is 14.1. The van der Waals surface area contributed by atoms with Crippen LogP contribution in [-0.4, -0.2) is 100 Å². The Morgan fingerprint density at radius 2 is 1.90 bits per heavy atom. The molecule has 0 radical (unpaired) electrons. The van der Waals surface area contributed by atoms with Crippen LogP contribution in [0.25, 0.3) is 5.95 Å². The first-order valence-corrected chi connectivity index (χ1v) is 9.15. The van der Waals surface area contributed by atoms with E-state index < -0.39 is 5.54 Å². The van der Waals surface area contributed by atoms with Gasteiger partial charge in [-0.25, -0.2) is 0 Å². The second-order valence-electron chi connectivity index (χ2n) is 6.67. The van der Waals surface area contributed by atoms with Crippen molar-refractivity contribution < 1.29 is 24.6 Å². The van der Waals surface area contributed by atoms with E-state index in [4.69, 9.17) is 9.90 Å². The summed E-state index contributed by atoms with van der Waals surface area (Å²) >= 11 is 0. The monoisotopic (exact) mass is 406 g/mol. The summed E-state index contributed by atoms with van der Waals surface area (Å²) in [4.78, 5) is 41.9. The minimum Gasteiger partial charge on any atom is -0.483 e. The molecule has 0 saturated carbocycles. The number of H-pyrrole nitrogens is 1. The van der Waals surface area contributed by atoms with E-state index in [2.05, 4.69) is 25.4 Å². The third-order valence-electron chi connectivity index (χ3n) is 5.13. The van der Waals surface area contributed by atoms with Crippen LogP contribution in [0.3, 0.4) is 0 Å². The van der Waals surface area contributed by atoms with Crippen LogP contribution >= 0.6 is 0 Å². The number of carbonyl (C=O) groups excluding carboxylic acids is 2. The molecule has 13 heteroatoms. The number of aliphatic hydroxyl groups is 1. The van der Waals surface area contributed by atoms with Crippen LogP contribution in [0.4, 0.5) is 0 Å². The lowest BCUT2D eigenvalue weighted by atomic mass is 9.85. The summed E-state index contributed by atoms with van der Waals surface area (Å²) in [6, 6.07) is 0. The molecule has 2 aromatic rings. The van der Waals surface area contributed by atoms with Gasteiger partial charge in [0.25, 0.3) is 18.3 Å². The molecule has 2 aliphatic rings. The maximum absolute atomic E-state index is 13.0. The van der Waals surface area contributed by atoms with E-state index in [1.165, 1.54) is 17.2 Å². The number of nitrogens with zero attached hydrogens (tertiary/aromatic N) is 7. The Labute approximate surface area is 165 Å². The highest BCUT2D eigenvalue weighted by Gasteiger charge is 2.53. The van der Waals surface area contributed by atoms with Crippen LogP contribution in [0.2, 0.25) is 0 Å². The molecule has 0 bridgehead atoms. The summed E-state index contributed by atoms with van der Waals surface area (Å²) in [5.74, 6) is -0.0683. The number of aromatic nitrogens is 6. The van der Waals surface area contributed by atoms with Crippen molar-refractivity contribution in [3.63, 3.8) is 0 Å². The lowest BCUT2D eigenvalue weighted by Crippen LogP contribution is -2.61. The molecule has 2 saturated heterocycles. The minimum atomic E-state index is -0.839. The molecular formula is C16H22N8O5. The van der Waals surface area contributed by atoms with E-state index in [0.29, 0.717) is 32.5 Å². The molecule has 156 valence electrons. The number of carboxylic acid groups (broad SMARTS) is 1. The number of hydrogen-bond donors (Lipinski definition) is 3. The summed E-state index contributed by atoms with van der Waals surface area (Å²) in [7, 11) is 0. The maximum atomic E-state index is 13.0. The number of hydrogen-bond acceptors (Lipinski definition) is 8. The predicted molar refractivity (Wildman–Crippen MR) is 95.9 cm³/mol. The Morgan fingerprint density at radius 1 is 1.24 bits per heavy atom. The number of aromatic amines is 1. The highest BCUT2D eigenvalue weighted by atomic mass is 16.3. The van der Waals surface area contributed by atoms with Gasteiger partial charge in [-0.15, -0.1) is 15.3 Å². The number of piperidine rings is 1. The number of aliphatic hydroxyl groups excluding tert-OH is 1. The van der Waals surface area contributed by atoms with E-state index in [1.807, 2.05) is 0 Å². The Morgan fingerprint density at radius 3 is 2.55 bits per heavy atom. The van der Waals surface area contributed by atoms with Gasteiger partial charge < -0.3 is 20.0 Å². The van der Waals surface area contributed by atoms with E-state index in [0.717, 1.165) is 12.8 Å². The number of likely N-dealkylation sites (tertiary alicyclic amines) is 2. The van der Waals surface area contributed by atoms with E-state index in [1.54, 1.807) is 9.80 Å². The molecule has 4 rings (SSSR count). The topological polar surface area (TPSA) is 170 Å². The van der Waals surface area contributed by atoms with Crippen molar-refractivity contribution in [1.82, 2.24) is 39.7 Å². The number of nitrogens with one attached hydrogen (secondary N) is 1. The van der Waals surface area contributed by atoms with Gasteiger partial charge in [0.2, 0.25) is 11.7 Å². The maximum Gasteiger partial charge on any atom is 0.292 e. The Balaban J connectivity index is 0.000000755. The highest BCUT2D eigenvalue weighted by molar-refractivity contribution is 5.98. The van der Waals surface area contributed by atoms with Crippen LogP contribution in [0.1, 0.15) is 36.3 Å². The lowest BCUT2D eigenvalue weighted by Gasteiger charge is -2.44. The standard InChI is InChI=1S/C15H20N8O3.CH2O2/c24-8-7-21-5-1-3-15(13(21)26)4-2-6-23(15)12(25)11-18-14(20-19-11)22-9-16-17-10-22;2-1-3/h9-10,24H,1-8H2,(H,18,19,20);1H,(H,2,3). The van der Waals surface area contributed by atoms with Crippen molar-refractivity contribution in [2.75, 3.05) is 26.2 Å². The zero-order valence-electron chi connectivity index (χ0n) is 15.6. The van der Waals surface area contributed by atoms with Crippen molar-refractivity contribution in [2.45, 2.75) is 31.2 Å². The molecule has 1 spiro atoms. The molecule has 3 N–H and O–H groups in total. The summed E-state index contributed by atoms with van der Waals surface area (Å²) in [6.07, 6.45) is 5.70. The Bertz CT molecular complexity index is 851. The molecule has 29 heavy (non-hydrogen) atoms. The summed E-state index contributed by atoms with van der Waals surface area (Å²) < 4.78 is 1.49. The molecule has 13 nitrogen and oxygen atoms in total. The van der Waals surface area contributed by atoms with E-state index >= 15 is 0 Å². The molecule has 2 aliphatic heterocycles. The molecule has 2 aromatic heterocycles. The van der Waals surface area contributed by atoms with Gasteiger partial charge in [-0.05, 0) is 25.7 Å². The summed E-state index contributed by atoms with van der Waals surface area (Å²) in [5, 5.41) is 30.1. The zero-order valence-corrected chi connectivity index (χ0v) is 15.6. The van der Waals surface area contributed by atoms with Crippen LogP contribution in [0.15, 0.2) is 12.7 Å². The summed E-state index contributed by atoms with van der Waals surface area (Å²) in [5.41, 5.74) is -0.839. The number of β-amino-alcohol motifs (C(OH)–C–C–N with tert-alkyl or cyclic N) is 1. The fourth-order valence-corrected chi connectivity index (χ4v) is 3.95. The molecule has 1 atom stereocenters. The van der Waals surface area contributed by atoms with Gasteiger partial charge in [-0.1, -0.05) is 0 Å². The highest BCUT2D eigenvalue weighted by Crippen LogP contribution is 2.38. The predicted octanol–water partition coefficient (Wildman–Crippen LogP) is -1.32. The SMILES string of the molecule is O=C(c1nc(-n2cnnc2)n[nH]1)N1CCCC12CCCN(CCO)C2=O.O=CO. The number of rotatable bonds is 4. The van der Waals surface area contributed by atoms with Crippen molar-refractivity contribution >= 4 is 18.3 Å². The van der Waals surface area contributed by atoms with Gasteiger partial charge >= 0.3 is 0 Å². The lowest BCUT2D eigenvalue weighted by molar-refractivity contribution is -0.146. The Kier molecular flexibility index (Phi) is 6.16. The van der Waals surface area contributed by atoms with Crippen molar-refractivity contribution in [3.05, 3.63) is 18.5 Å². The van der Waals surface area contributed by atoms with Gasteiger partial charge in [0.1, 0.15) is 18.2 Å². The van der Waals surface area contributed by atoms with Gasteiger partial charge in [0.15, 0.2) is 0 Å². The molecule has 2 fully saturated rings. The van der Waals surface area contributed by atoms with Crippen molar-refractivity contribution in [2.24, 2.45) is 0 Å². The van der Waals surface area contributed by atoms with Gasteiger partial charge in [0.05, 0.1) is 6.61 Å². The molecule has 1 unspecified atom stereocenters. The average molecular weight is 406 g/mol. The first kappa shape index (κ1) is 20.4. The van der Waals surface area contributed by atoms with E-state index in [9.17, 15) is 14.7 Å². The van der Waals surface area contributed by atoms with Gasteiger partial charge in [0, 0.05) is 19.6 Å². The third kappa shape index (κ3) is 3.81. The smallest absolute Gasteiger partial charge is 0.292 e. The van der Waals surface area contributed by atoms with Crippen LogP contribution in [0, 0.1) is 0 Å². The molecule has 4 heterocycles.